The first-order valence-electron chi connectivity index (χ1n) is 13.2. The molecule has 4 fully saturated rings. The van der Waals surface area contributed by atoms with Crippen molar-refractivity contribution in [2.45, 2.75) is 43.9 Å². The third-order valence-electron chi connectivity index (χ3n) is 8.88. The standard InChI is InChI=1S/C33H29N3/c1-34-29-13-9-26(10-14-29)31-18-30(35-32(36-31)27-5-3-2-4-6-27)25-7-11-28(12-8-25)33-19-22-15-23(20-33)17-24(16-22)21-33/h2-14,18,22-24H,15-17,19-21H2. The normalized spacial score (nSPS) is 26.0. The van der Waals surface area contributed by atoms with Gasteiger partial charge in [0.05, 0.1) is 18.0 Å². The monoisotopic (exact) mass is 467 g/mol. The van der Waals surface area contributed by atoms with E-state index < -0.39 is 0 Å². The second-order valence-electron chi connectivity index (χ2n) is 11.3. The molecule has 0 spiro atoms. The van der Waals surface area contributed by atoms with Gasteiger partial charge in [0.2, 0.25) is 0 Å². The minimum atomic E-state index is 0.407. The van der Waals surface area contributed by atoms with Crippen LogP contribution in [0, 0.1) is 24.3 Å². The Morgan fingerprint density at radius 3 is 1.69 bits per heavy atom. The Balaban J connectivity index is 1.28. The van der Waals surface area contributed by atoms with E-state index in [2.05, 4.69) is 47.3 Å². The van der Waals surface area contributed by atoms with E-state index in [-0.39, 0.29) is 0 Å². The van der Waals surface area contributed by atoms with E-state index in [0.29, 0.717) is 11.1 Å². The van der Waals surface area contributed by atoms with E-state index in [1.165, 1.54) is 44.1 Å². The van der Waals surface area contributed by atoms with Crippen LogP contribution in [0.2, 0.25) is 0 Å². The van der Waals surface area contributed by atoms with Gasteiger partial charge in [-0.25, -0.2) is 14.8 Å². The first kappa shape index (κ1) is 21.5. The molecule has 0 aliphatic heterocycles. The Labute approximate surface area is 213 Å². The fraction of sp³-hybridized carbons (Fsp3) is 0.303. The van der Waals surface area contributed by atoms with Crippen molar-refractivity contribution in [2.75, 3.05) is 0 Å². The summed E-state index contributed by atoms with van der Waals surface area (Å²) >= 11 is 0. The van der Waals surface area contributed by atoms with E-state index in [0.717, 1.165) is 51.7 Å². The van der Waals surface area contributed by atoms with Crippen LogP contribution >= 0.6 is 0 Å². The zero-order valence-corrected chi connectivity index (χ0v) is 20.4. The van der Waals surface area contributed by atoms with Gasteiger partial charge in [-0.05, 0) is 78.9 Å². The van der Waals surface area contributed by atoms with Crippen molar-refractivity contribution in [3.63, 3.8) is 0 Å². The average Bonchev–Trinajstić information content (AvgIpc) is 2.93. The minimum absolute atomic E-state index is 0.407. The largest absolute Gasteiger partial charge is 0.238 e. The smallest absolute Gasteiger partial charge is 0.187 e. The highest BCUT2D eigenvalue weighted by atomic mass is 14.9. The van der Waals surface area contributed by atoms with Gasteiger partial charge in [0.15, 0.2) is 11.5 Å². The van der Waals surface area contributed by atoms with Gasteiger partial charge in [0.1, 0.15) is 0 Å². The van der Waals surface area contributed by atoms with Crippen LogP contribution in [0.1, 0.15) is 44.1 Å². The van der Waals surface area contributed by atoms with Gasteiger partial charge in [-0.2, -0.15) is 0 Å². The van der Waals surface area contributed by atoms with Crippen molar-refractivity contribution < 1.29 is 0 Å². The third kappa shape index (κ3) is 3.73. The molecule has 4 aromatic rings. The third-order valence-corrected chi connectivity index (χ3v) is 8.88. The van der Waals surface area contributed by atoms with Crippen LogP contribution < -0.4 is 0 Å². The number of aromatic nitrogens is 2. The fourth-order valence-corrected chi connectivity index (χ4v) is 7.62. The average molecular weight is 468 g/mol. The Morgan fingerprint density at radius 1 is 0.639 bits per heavy atom. The van der Waals surface area contributed by atoms with Crippen LogP contribution in [0.5, 0.6) is 0 Å². The van der Waals surface area contributed by atoms with Crippen molar-refractivity contribution in [3.05, 3.63) is 102 Å². The first-order valence-corrected chi connectivity index (χ1v) is 13.2. The van der Waals surface area contributed by atoms with Crippen LogP contribution in [0.15, 0.2) is 84.9 Å². The highest BCUT2D eigenvalue weighted by Crippen LogP contribution is 2.60. The molecule has 4 saturated carbocycles. The molecule has 0 N–H and O–H groups in total. The highest BCUT2D eigenvalue weighted by molar-refractivity contribution is 5.72. The molecular formula is C33H29N3. The number of hydrogen-bond donors (Lipinski definition) is 0. The van der Waals surface area contributed by atoms with Crippen molar-refractivity contribution in [3.8, 4) is 33.9 Å². The van der Waals surface area contributed by atoms with E-state index in [1.807, 2.05) is 42.5 Å². The lowest BCUT2D eigenvalue weighted by atomic mass is 9.48. The van der Waals surface area contributed by atoms with Crippen molar-refractivity contribution in [1.29, 1.82) is 0 Å². The minimum Gasteiger partial charge on any atom is -0.238 e. The van der Waals surface area contributed by atoms with Crippen LogP contribution in [-0.4, -0.2) is 9.97 Å². The van der Waals surface area contributed by atoms with Gasteiger partial charge < -0.3 is 0 Å². The predicted molar refractivity (Wildman–Crippen MR) is 144 cm³/mol. The molecule has 0 unspecified atom stereocenters. The van der Waals surface area contributed by atoms with Gasteiger partial charge in [-0.1, -0.05) is 78.9 Å². The molecule has 176 valence electrons. The van der Waals surface area contributed by atoms with Gasteiger partial charge in [-0.15, -0.1) is 0 Å². The van der Waals surface area contributed by atoms with Crippen LogP contribution in [0.25, 0.3) is 38.7 Å². The number of rotatable bonds is 4. The quantitative estimate of drug-likeness (QED) is 0.282. The second kappa shape index (κ2) is 8.42. The summed E-state index contributed by atoms with van der Waals surface area (Å²) in [4.78, 5) is 13.4. The number of hydrogen-bond acceptors (Lipinski definition) is 2. The van der Waals surface area contributed by atoms with E-state index in [1.54, 1.807) is 0 Å². The molecule has 1 aromatic heterocycles. The lowest BCUT2D eigenvalue weighted by molar-refractivity contribution is -0.00518. The first-order chi connectivity index (χ1) is 17.7. The number of benzene rings is 3. The molecule has 8 rings (SSSR count). The predicted octanol–water partition coefficient (Wildman–Crippen LogP) is 8.50. The summed E-state index contributed by atoms with van der Waals surface area (Å²) in [5, 5.41) is 0. The molecule has 36 heavy (non-hydrogen) atoms. The van der Waals surface area contributed by atoms with E-state index >= 15 is 0 Å². The second-order valence-corrected chi connectivity index (χ2v) is 11.3. The molecule has 4 aliphatic carbocycles. The number of nitrogens with zero attached hydrogens (tertiary/aromatic N) is 3. The SMILES string of the molecule is [C-]#[N+]c1ccc(-c2cc(-c3ccc(C45CC6CC(CC(C6)C4)C5)cc3)nc(-c3ccccc3)n2)cc1. The molecule has 3 nitrogen and oxygen atoms in total. The highest BCUT2D eigenvalue weighted by Gasteiger charge is 2.51. The molecule has 1 heterocycles. The summed E-state index contributed by atoms with van der Waals surface area (Å²) in [5.41, 5.74) is 7.52. The summed E-state index contributed by atoms with van der Waals surface area (Å²) < 4.78 is 0. The van der Waals surface area contributed by atoms with E-state index in [9.17, 15) is 0 Å². The Hall–Kier alpha value is -3.77. The zero-order chi connectivity index (χ0) is 24.1. The Morgan fingerprint density at radius 2 is 1.17 bits per heavy atom. The van der Waals surface area contributed by atoms with Crippen molar-refractivity contribution >= 4 is 5.69 Å². The van der Waals surface area contributed by atoms with E-state index in [4.69, 9.17) is 16.5 Å². The zero-order valence-electron chi connectivity index (χ0n) is 20.4. The van der Waals surface area contributed by atoms with Gasteiger partial charge in [0.25, 0.3) is 0 Å². The van der Waals surface area contributed by atoms with Crippen LogP contribution in [-0.2, 0) is 5.41 Å². The maximum absolute atomic E-state index is 7.26. The summed E-state index contributed by atoms with van der Waals surface area (Å²) in [5.74, 6) is 3.57. The summed E-state index contributed by atoms with van der Waals surface area (Å²) in [6.07, 6.45) is 8.57. The molecule has 4 aliphatic rings. The molecule has 0 atom stereocenters. The molecule has 4 bridgehead atoms. The molecule has 3 aromatic carbocycles. The fourth-order valence-electron chi connectivity index (χ4n) is 7.62. The molecule has 0 saturated heterocycles. The van der Waals surface area contributed by atoms with Gasteiger partial charge in [0, 0.05) is 11.1 Å². The molecule has 0 radical (unpaired) electrons. The molecule has 0 amide bonds. The van der Waals surface area contributed by atoms with Gasteiger partial charge in [-0.3, -0.25) is 0 Å². The molecule has 3 heteroatoms. The van der Waals surface area contributed by atoms with Gasteiger partial charge >= 0.3 is 0 Å². The molecular weight excluding hydrogens is 438 g/mol. The summed E-state index contributed by atoms with van der Waals surface area (Å²) in [6.45, 7) is 7.26. The maximum atomic E-state index is 7.26. The lowest BCUT2D eigenvalue weighted by Gasteiger charge is -2.57. The maximum Gasteiger partial charge on any atom is 0.187 e. The lowest BCUT2D eigenvalue weighted by Crippen LogP contribution is -2.48. The van der Waals surface area contributed by atoms with Crippen LogP contribution in [0.4, 0.5) is 5.69 Å². The van der Waals surface area contributed by atoms with Crippen LogP contribution in [0.3, 0.4) is 0 Å². The van der Waals surface area contributed by atoms with Crippen molar-refractivity contribution in [1.82, 2.24) is 9.97 Å². The Bertz CT molecular complexity index is 1410. The summed E-state index contributed by atoms with van der Waals surface area (Å²) in [6, 6.07) is 29.2. The summed E-state index contributed by atoms with van der Waals surface area (Å²) in [7, 11) is 0. The Kier molecular flexibility index (Phi) is 5.03. The van der Waals surface area contributed by atoms with Crippen molar-refractivity contribution in [2.24, 2.45) is 17.8 Å². The topological polar surface area (TPSA) is 30.1 Å².